The number of hydrogen-bond donors (Lipinski definition) is 0. The Bertz CT molecular complexity index is 1960. The maximum atomic E-state index is 12.8. The summed E-state index contributed by atoms with van der Waals surface area (Å²) >= 11 is 3.11. The van der Waals surface area contributed by atoms with Gasteiger partial charge >= 0.3 is 11.4 Å². The van der Waals surface area contributed by atoms with Crippen LogP contribution >= 0.6 is 22.7 Å². The Morgan fingerprint density at radius 1 is 0.640 bits per heavy atom. The van der Waals surface area contributed by atoms with Crippen molar-refractivity contribution in [3.8, 4) is 0 Å². The quantitative estimate of drug-likeness (QED) is 0.0896. The van der Waals surface area contributed by atoms with Gasteiger partial charge in [-0.1, -0.05) is 61.1 Å². The number of aryl methyl sites for hydroxylation is 4. The van der Waals surface area contributed by atoms with Gasteiger partial charge in [0.1, 0.15) is 11.4 Å². The molecule has 0 aliphatic heterocycles. The van der Waals surface area contributed by atoms with Crippen LogP contribution in [0.3, 0.4) is 0 Å². The fraction of sp³-hybridized carbons (Fsp3) is 0.438. The lowest BCUT2D eigenvalue weighted by Gasteiger charge is -2.03. The molecular weight excluding hydrogens is 677 g/mol. The van der Waals surface area contributed by atoms with Crippen molar-refractivity contribution in [3.05, 3.63) is 101 Å². The zero-order valence-electron chi connectivity index (χ0n) is 28.2. The molecule has 0 atom stereocenters. The molecule has 18 heteroatoms. The van der Waals surface area contributed by atoms with Crippen LogP contribution in [-0.4, -0.2) is 71.3 Å². The van der Waals surface area contributed by atoms with Gasteiger partial charge in [-0.05, 0) is 49.6 Å². The maximum Gasteiger partial charge on any atom is 0.367 e. The lowest BCUT2D eigenvalue weighted by Crippen LogP contribution is -2.23. The molecule has 0 spiro atoms. The molecule has 0 unspecified atom stereocenters. The van der Waals surface area contributed by atoms with Crippen molar-refractivity contribution >= 4 is 35.1 Å². The highest BCUT2D eigenvalue weighted by atomic mass is 32.1. The predicted molar refractivity (Wildman–Crippen MR) is 192 cm³/mol. The largest absolute Gasteiger partial charge is 0.367 e. The summed E-state index contributed by atoms with van der Waals surface area (Å²) in [4.78, 5) is 27.5. The van der Waals surface area contributed by atoms with E-state index < -0.39 is 0 Å². The van der Waals surface area contributed by atoms with Gasteiger partial charge in [0.15, 0.2) is 11.6 Å². The Balaban J connectivity index is 0.827. The summed E-state index contributed by atoms with van der Waals surface area (Å²) in [6.07, 6.45) is 16.2. The highest BCUT2D eigenvalue weighted by Crippen LogP contribution is 2.11. The van der Waals surface area contributed by atoms with E-state index in [1.165, 1.54) is 44.4 Å². The summed E-state index contributed by atoms with van der Waals surface area (Å²) < 4.78 is 9.00. The molecule has 0 amide bonds. The summed E-state index contributed by atoms with van der Waals surface area (Å²) in [6.45, 7) is 5.59. The molecule has 0 saturated heterocycles. The summed E-state index contributed by atoms with van der Waals surface area (Å²) in [5.74, 6) is 1.03. The first-order valence-corrected chi connectivity index (χ1v) is 18.5. The molecule has 6 rings (SSSR count). The Labute approximate surface area is 296 Å². The van der Waals surface area contributed by atoms with Crippen molar-refractivity contribution in [2.45, 2.75) is 91.4 Å². The van der Waals surface area contributed by atoms with Crippen LogP contribution in [0, 0.1) is 13.8 Å². The van der Waals surface area contributed by atoms with Crippen molar-refractivity contribution in [2.75, 3.05) is 0 Å². The SMILES string of the molecule is Cc1nn(Cc2cn(CCCCCCCCCCn3cc(Cn4nc(C)n(/N=C/c5cccs5)c4=O)nn3)nn2)c(=O)n1/N=C/c1cccs1. The van der Waals surface area contributed by atoms with E-state index in [0.29, 0.717) is 23.0 Å². The Kier molecular flexibility index (Phi) is 11.8. The van der Waals surface area contributed by atoms with Crippen molar-refractivity contribution in [1.29, 1.82) is 0 Å². The first kappa shape index (κ1) is 34.8. The summed E-state index contributed by atoms with van der Waals surface area (Å²) in [5, 5.41) is 38.1. The maximum absolute atomic E-state index is 12.8. The number of thiophene rings is 2. The second-order valence-corrected chi connectivity index (χ2v) is 13.9. The fourth-order valence-corrected chi connectivity index (χ4v) is 6.56. The zero-order valence-corrected chi connectivity index (χ0v) is 29.8. The van der Waals surface area contributed by atoms with E-state index in [2.05, 4.69) is 41.0 Å². The van der Waals surface area contributed by atoms with Gasteiger partial charge in [0.25, 0.3) is 0 Å². The molecule has 0 aliphatic carbocycles. The number of unbranched alkanes of at least 4 members (excludes halogenated alkanes) is 7. The van der Waals surface area contributed by atoms with E-state index in [0.717, 1.165) is 48.5 Å². The average molecular weight is 717 g/mol. The number of nitrogens with zero attached hydrogens (tertiary/aromatic N) is 14. The van der Waals surface area contributed by atoms with Gasteiger partial charge < -0.3 is 0 Å². The first-order chi connectivity index (χ1) is 24.4. The minimum atomic E-state index is -0.307. The van der Waals surface area contributed by atoms with Gasteiger partial charge in [-0.2, -0.15) is 29.8 Å². The van der Waals surface area contributed by atoms with Crippen molar-refractivity contribution in [1.82, 2.24) is 58.9 Å². The van der Waals surface area contributed by atoms with Crippen molar-refractivity contribution in [3.63, 3.8) is 0 Å². The molecule has 6 aromatic heterocycles. The lowest BCUT2D eigenvalue weighted by atomic mass is 10.1. The molecule has 262 valence electrons. The molecule has 0 bridgehead atoms. The predicted octanol–water partition coefficient (Wildman–Crippen LogP) is 4.01. The van der Waals surface area contributed by atoms with E-state index in [1.54, 1.807) is 49.0 Å². The van der Waals surface area contributed by atoms with Crippen LogP contribution in [0.1, 0.15) is 84.2 Å². The topological polar surface area (TPSA) is 166 Å². The van der Waals surface area contributed by atoms with Crippen LogP contribution in [0.2, 0.25) is 0 Å². The Morgan fingerprint density at radius 2 is 1.06 bits per heavy atom. The van der Waals surface area contributed by atoms with E-state index in [4.69, 9.17) is 0 Å². The van der Waals surface area contributed by atoms with Crippen molar-refractivity contribution < 1.29 is 0 Å². The van der Waals surface area contributed by atoms with Crippen LogP contribution in [0.15, 0.2) is 67.2 Å². The van der Waals surface area contributed by atoms with Crippen LogP contribution in [0.5, 0.6) is 0 Å². The number of hydrogen-bond acceptors (Lipinski definition) is 12. The van der Waals surface area contributed by atoms with E-state index in [9.17, 15) is 9.59 Å². The lowest BCUT2D eigenvalue weighted by molar-refractivity contribution is 0.494. The smallest absolute Gasteiger partial charge is 0.252 e. The molecule has 50 heavy (non-hydrogen) atoms. The molecular formula is C32H40N14O2S2. The monoisotopic (exact) mass is 716 g/mol. The molecule has 16 nitrogen and oxygen atoms in total. The van der Waals surface area contributed by atoms with Gasteiger partial charge in [0.2, 0.25) is 0 Å². The van der Waals surface area contributed by atoms with E-state index in [1.807, 2.05) is 56.8 Å². The van der Waals surface area contributed by atoms with E-state index >= 15 is 0 Å². The van der Waals surface area contributed by atoms with Gasteiger partial charge in [0.05, 0.1) is 37.9 Å². The van der Waals surface area contributed by atoms with Gasteiger partial charge in [0, 0.05) is 22.8 Å². The van der Waals surface area contributed by atoms with Gasteiger partial charge in [-0.25, -0.2) is 19.0 Å². The average Bonchev–Trinajstić information content (AvgIpc) is 3.96. The normalized spacial score (nSPS) is 12.0. The minimum Gasteiger partial charge on any atom is -0.252 e. The minimum absolute atomic E-state index is 0.249. The third-order valence-corrected chi connectivity index (χ3v) is 9.57. The van der Waals surface area contributed by atoms with Crippen LogP contribution in [-0.2, 0) is 26.2 Å². The molecule has 0 aliphatic rings. The second-order valence-electron chi connectivity index (χ2n) is 11.9. The Hall–Kier alpha value is -5.10. The summed E-state index contributed by atoms with van der Waals surface area (Å²) in [7, 11) is 0. The third kappa shape index (κ3) is 9.32. The molecule has 0 saturated carbocycles. The van der Waals surface area contributed by atoms with E-state index in [-0.39, 0.29) is 24.5 Å². The fourth-order valence-electron chi connectivity index (χ4n) is 5.40. The highest BCUT2D eigenvalue weighted by Gasteiger charge is 2.13. The van der Waals surface area contributed by atoms with Gasteiger partial charge in [-0.3, -0.25) is 9.36 Å². The third-order valence-electron chi connectivity index (χ3n) is 7.96. The van der Waals surface area contributed by atoms with Gasteiger partial charge in [-0.15, -0.1) is 32.9 Å². The molecule has 6 heterocycles. The van der Waals surface area contributed by atoms with Crippen molar-refractivity contribution in [2.24, 2.45) is 10.2 Å². The van der Waals surface area contributed by atoms with Crippen LogP contribution in [0.4, 0.5) is 0 Å². The number of aromatic nitrogens is 12. The highest BCUT2D eigenvalue weighted by molar-refractivity contribution is 7.12. The first-order valence-electron chi connectivity index (χ1n) is 16.7. The standard InChI is InChI=1S/C32H40N14O2S2/c1-25-37-43(31(47)45(25)33-19-29-13-11-17-49-29)23-27-21-41(39-35-27)15-9-7-5-3-4-6-8-10-16-42-22-28(36-40-42)24-44-32(48)46(26(2)38-44)34-20-30-14-12-18-50-30/h11-14,17-22H,3-10,15-16,23-24H2,1-2H3/b33-19+,34-20+. The van der Waals surface area contributed by atoms with Crippen LogP contribution in [0.25, 0.3) is 0 Å². The molecule has 0 aromatic carbocycles. The molecule has 6 aromatic rings. The zero-order chi connectivity index (χ0) is 34.7. The molecule has 0 radical (unpaired) electrons. The molecule has 0 fully saturated rings. The number of rotatable bonds is 19. The van der Waals surface area contributed by atoms with Crippen LogP contribution < -0.4 is 11.4 Å². The summed E-state index contributed by atoms with van der Waals surface area (Å²) in [5.41, 5.74) is 0.766. The molecule has 0 N–H and O–H groups in total. The Morgan fingerprint density at radius 3 is 1.46 bits per heavy atom. The summed E-state index contributed by atoms with van der Waals surface area (Å²) in [6, 6.07) is 7.76. The second kappa shape index (κ2) is 17.0.